The van der Waals surface area contributed by atoms with E-state index in [0.717, 1.165) is 17.9 Å². The number of amidine groups is 1. The molecule has 1 unspecified atom stereocenters. The average molecular weight is 282 g/mol. The number of rotatable bonds is 6. The minimum absolute atomic E-state index is 0.0889. The first kappa shape index (κ1) is 15.2. The Morgan fingerprint density at radius 1 is 1.19 bits per heavy atom. The van der Waals surface area contributed by atoms with Gasteiger partial charge in [-0.2, -0.15) is 0 Å². The molecule has 0 spiro atoms. The molecule has 0 bridgehead atoms. The third-order valence-electron chi connectivity index (χ3n) is 3.49. The molecule has 2 rings (SSSR count). The van der Waals surface area contributed by atoms with Gasteiger partial charge in [-0.3, -0.25) is 15.3 Å². The van der Waals surface area contributed by atoms with Crippen molar-refractivity contribution >= 4 is 5.84 Å². The van der Waals surface area contributed by atoms with Crippen LogP contribution in [0.4, 0.5) is 0 Å². The van der Waals surface area contributed by atoms with E-state index in [1.54, 1.807) is 0 Å². The number of aryl methyl sites for hydroxylation is 1. The lowest BCUT2D eigenvalue weighted by Gasteiger charge is -2.28. The lowest BCUT2D eigenvalue weighted by atomic mass is 10.0. The number of nitrogens with two attached hydrogens (primary N) is 1. The highest BCUT2D eigenvalue weighted by Crippen LogP contribution is 2.24. The third kappa shape index (κ3) is 4.39. The minimum Gasteiger partial charge on any atom is -0.388 e. The Morgan fingerprint density at radius 3 is 2.52 bits per heavy atom. The highest BCUT2D eigenvalue weighted by atomic mass is 15.1. The third-order valence-corrected chi connectivity index (χ3v) is 3.49. The van der Waals surface area contributed by atoms with Gasteiger partial charge in [-0.15, -0.1) is 0 Å². The van der Waals surface area contributed by atoms with Crippen molar-refractivity contribution in [3.63, 3.8) is 0 Å². The van der Waals surface area contributed by atoms with E-state index in [-0.39, 0.29) is 11.9 Å². The molecule has 21 heavy (non-hydrogen) atoms. The highest BCUT2D eigenvalue weighted by Gasteiger charge is 2.18. The van der Waals surface area contributed by atoms with Crippen LogP contribution in [-0.2, 0) is 6.54 Å². The predicted molar refractivity (Wildman–Crippen MR) is 86.2 cm³/mol. The maximum absolute atomic E-state index is 7.62. The largest absolute Gasteiger partial charge is 0.388 e. The smallest absolute Gasteiger partial charge is 0.0924 e. The number of nitrogens with zero attached hydrogens (tertiary/aromatic N) is 2. The normalized spacial score (nSPS) is 12.3. The molecule has 2 aromatic rings. The van der Waals surface area contributed by atoms with Gasteiger partial charge in [0.05, 0.1) is 11.5 Å². The van der Waals surface area contributed by atoms with Gasteiger partial charge in [0.25, 0.3) is 0 Å². The second-order valence-corrected chi connectivity index (χ2v) is 5.34. The molecular formula is C17H22N4. The molecule has 0 amide bonds. The maximum atomic E-state index is 7.62. The van der Waals surface area contributed by atoms with Crippen molar-refractivity contribution in [2.45, 2.75) is 25.9 Å². The predicted octanol–water partition coefficient (Wildman–Crippen LogP) is 2.89. The van der Waals surface area contributed by atoms with Gasteiger partial charge in [0, 0.05) is 24.7 Å². The number of aromatic nitrogens is 1. The van der Waals surface area contributed by atoms with Crippen molar-refractivity contribution < 1.29 is 0 Å². The number of benzene rings is 1. The number of hydrogen-bond acceptors (Lipinski definition) is 3. The fraction of sp³-hybridized carbons (Fsp3) is 0.294. The van der Waals surface area contributed by atoms with E-state index in [2.05, 4.69) is 22.0 Å². The summed E-state index contributed by atoms with van der Waals surface area (Å²) in [6.07, 6.45) is 0.520. The quantitative estimate of drug-likeness (QED) is 0.632. The lowest BCUT2D eigenvalue weighted by molar-refractivity contribution is 0.238. The summed E-state index contributed by atoms with van der Waals surface area (Å²) < 4.78 is 0. The SMILES string of the molecule is Cc1cccc(CN(C)C(CC(=N)N)c2ccccc2)n1. The molecule has 1 aromatic heterocycles. The summed E-state index contributed by atoms with van der Waals surface area (Å²) in [5.74, 6) is 0.202. The minimum atomic E-state index is 0.0889. The van der Waals surface area contributed by atoms with Crippen LogP contribution in [0.2, 0.25) is 0 Å². The maximum Gasteiger partial charge on any atom is 0.0924 e. The van der Waals surface area contributed by atoms with E-state index in [9.17, 15) is 0 Å². The molecule has 0 aliphatic heterocycles. The van der Waals surface area contributed by atoms with Gasteiger partial charge >= 0.3 is 0 Å². The Hall–Kier alpha value is -2.20. The molecule has 110 valence electrons. The molecule has 0 aliphatic rings. The topological polar surface area (TPSA) is 66.0 Å². The standard InChI is InChI=1S/C17H22N4/c1-13-7-6-10-15(20-13)12-21(2)16(11-17(18)19)14-8-4-3-5-9-14/h3-10,16H,11-12H2,1-2H3,(H3,18,19). The Morgan fingerprint density at radius 2 is 1.90 bits per heavy atom. The Labute approximate surface area is 126 Å². The van der Waals surface area contributed by atoms with Crippen molar-refractivity contribution in [1.29, 1.82) is 5.41 Å². The van der Waals surface area contributed by atoms with Gasteiger partial charge in [-0.05, 0) is 31.7 Å². The second-order valence-electron chi connectivity index (χ2n) is 5.34. The zero-order chi connectivity index (χ0) is 15.2. The zero-order valence-electron chi connectivity index (χ0n) is 12.6. The van der Waals surface area contributed by atoms with Crippen LogP contribution in [0.1, 0.15) is 29.4 Å². The van der Waals surface area contributed by atoms with Crippen LogP contribution in [0.15, 0.2) is 48.5 Å². The number of nitrogens with one attached hydrogen (secondary N) is 1. The molecule has 1 heterocycles. The molecule has 3 N–H and O–H groups in total. The van der Waals surface area contributed by atoms with Crippen LogP contribution in [0.5, 0.6) is 0 Å². The fourth-order valence-corrected chi connectivity index (χ4v) is 2.46. The summed E-state index contributed by atoms with van der Waals surface area (Å²) in [6, 6.07) is 16.3. The van der Waals surface area contributed by atoms with E-state index in [1.807, 2.05) is 50.4 Å². The van der Waals surface area contributed by atoms with Gasteiger partial charge in [-0.1, -0.05) is 36.4 Å². The van der Waals surface area contributed by atoms with Gasteiger partial charge in [0.15, 0.2) is 0 Å². The van der Waals surface area contributed by atoms with Crippen LogP contribution in [0, 0.1) is 12.3 Å². The van der Waals surface area contributed by atoms with E-state index in [0.29, 0.717) is 6.42 Å². The Balaban J connectivity index is 2.18. The molecule has 4 nitrogen and oxygen atoms in total. The lowest BCUT2D eigenvalue weighted by Crippen LogP contribution is -2.28. The first-order valence-corrected chi connectivity index (χ1v) is 7.07. The van der Waals surface area contributed by atoms with Crippen molar-refractivity contribution in [2.24, 2.45) is 5.73 Å². The van der Waals surface area contributed by atoms with Gasteiger partial charge in [0.2, 0.25) is 0 Å². The van der Waals surface area contributed by atoms with Crippen molar-refractivity contribution in [1.82, 2.24) is 9.88 Å². The summed E-state index contributed by atoms with van der Waals surface area (Å²) >= 11 is 0. The van der Waals surface area contributed by atoms with Crippen LogP contribution in [-0.4, -0.2) is 22.8 Å². The number of pyridine rings is 1. The summed E-state index contributed by atoms with van der Waals surface area (Å²) in [5.41, 5.74) is 8.84. The van der Waals surface area contributed by atoms with Crippen LogP contribution in [0.3, 0.4) is 0 Å². The van der Waals surface area contributed by atoms with Crippen molar-refractivity contribution in [3.05, 3.63) is 65.5 Å². The van der Waals surface area contributed by atoms with Gasteiger partial charge in [0.1, 0.15) is 0 Å². The summed E-state index contributed by atoms with van der Waals surface area (Å²) in [7, 11) is 2.05. The van der Waals surface area contributed by atoms with Gasteiger partial charge in [-0.25, -0.2) is 0 Å². The van der Waals surface area contributed by atoms with Crippen LogP contribution >= 0.6 is 0 Å². The Kier molecular flexibility index (Phi) is 5.06. The van der Waals surface area contributed by atoms with Crippen LogP contribution < -0.4 is 5.73 Å². The van der Waals surface area contributed by atoms with Crippen molar-refractivity contribution in [2.75, 3.05) is 7.05 Å². The molecule has 0 radical (unpaired) electrons. The zero-order valence-corrected chi connectivity index (χ0v) is 12.6. The summed E-state index contributed by atoms with van der Waals surface area (Å²) in [5, 5.41) is 7.62. The van der Waals surface area contributed by atoms with E-state index >= 15 is 0 Å². The van der Waals surface area contributed by atoms with Crippen molar-refractivity contribution in [3.8, 4) is 0 Å². The molecule has 1 aromatic carbocycles. The van der Waals surface area contributed by atoms with E-state index < -0.39 is 0 Å². The molecule has 1 atom stereocenters. The second kappa shape index (κ2) is 6.99. The molecular weight excluding hydrogens is 260 g/mol. The summed E-state index contributed by atoms with van der Waals surface area (Å²) in [6.45, 7) is 2.72. The average Bonchev–Trinajstić information content (AvgIpc) is 2.45. The fourth-order valence-electron chi connectivity index (χ4n) is 2.46. The molecule has 0 saturated heterocycles. The van der Waals surface area contributed by atoms with E-state index in [1.165, 1.54) is 5.56 Å². The molecule has 0 saturated carbocycles. The molecule has 0 fully saturated rings. The first-order chi connectivity index (χ1) is 10.1. The summed E-state index contributed by atoms with van der Waals surface area (Å²) in [4.78, 5) is 6.73. The monoisotopic (exact) mass is 282 g/mol. The molecule has 4 heteroatoms. The first-order valence-electron chi connectivity index (χ1n) is 7.07. The van der Waals surface area contributed by atoms with Crippen LogP contribution in [0.25, 0.3) is 0 Å². The molecule has 0 aliphatic carbocycles. The van der Waals surface area contributed by atoms with Gasteiger partial charge < -0.3 is 5.73 Å². The highest BCUT2D eigenvalue weighted by molar-refractivity contribution is 5.77. The number of hydrogen-bond donors (Lipinski definition) is 2. The van der Waals surface area contributed by atoms with E-state index in [4.69, 9.17) is 11.1 Å². The Bertz CT molecular complexity index is 595.